The Balaban J connectivity index is 2.72. The van der Waals surface area contributed by atoms with Gasteiger partial charge < -0.3 is 10.2 Å². The molecule has 0 saturated carbocycles. The van der Waals surface area contributed by atoms with Crippen molar-refractivity contribution in [1.29, 1.82) is 0 Å². The van der Waals surface area contributed by atoms with Gasteiger partial charge in [0.05, 0.1) is 11.1 Å². The summed E-state index contributed by atoms with van der Waals surface area (Å²) in [5, 5.41) is 18.8. The predicted molar refractivity (Wildman–Crippen MR) is 75.5 cm³/mol. The third-order valence-corrected chi connectivity index (χ3v) is 3.20. The van der Waals surface area contributed by atoms with Gasteiger partial charge in [-0.1, -0.05) is 23.7 Å². The summed E-state index contributed by atoms with van der Waals surface area (Å²) in [4.78, 5) is 22.4. The van der Waals surface area contributed by atoms with Gasteiger partial charge in [-0.3, -0.25) is 0 Å². The second-order valence-electron chi connectivity index (χ2n) is 4.33. The number of carboxylic acid groups (broad SMARTS) is 2. The van der Waals surface area contributed by atoms with E-state index < -0.39 is 11.9 Å². The molecule has 0 aliphatic carbocycles. The summed E-state index contributed by atoms with van der Waals surface area (Å²) in [6.45, 7) is 1.63. The zero-order valence-corrected chi connectivity index (χ0v) is 11.3. The van der Waals surface area contributed by atoms with Gasteiger partial charge in [-0.15, -0.1) is 0 Å². The predicted octanol–water partition coefficient (Wildman–Crippen LogP) is 3.71. The van der Waals surface area contributed by atoms with Crippen molar-refractivity contribution in [3.8, 4) is 11.1 Å². The molecule has 0 aromatic heterocycles. The number of hydrogen-bond acceptors (Lipinski definition) is 2. The van der Waals surface area contributed by atoms with Gasteiger partial charge in [0, 0.05) is 5.02 Å². The van der Waals surface area contributed by atoms with Crippen LogP contribution in [0.3, 0.4) is 0 Å². The number of benzene rings is 2. The third kappa shape index (κ3) is 2.65. The molecule has 0 radical (unpaired) electrons. The van der Waals surface area contributed by atoms with Crippen LogP contribution in [-0.2, 0) is 0 Å². The maximum Gasteiger partial charge on any atom is 0.336 e. The molecule has 0 atom stereocenters. The molecule has 0 saturated heterocycles. The summed E-state index contributed by atoms with van der Waals surface area (Å²) in [7, 11) is 0. The average Bonchev–Trinajstić information content (AvgIpc) is 2.37. The lowest BCUT2D eigenvalue weighted by Crippen LogP contribution is -2.06. The zero-order valence-electron chi connectivity index (χ0n) is 10.6. The topological polar surface area (TPSA) is 74.6 Å². The lowest BCUT2D eigenvalue weighted by molar-refractivity contribution is 0.0695. The molecule has 0 aliphatic heterocycles. The van der Waals surface area contributed by atoms with Gasteiger partial charge in [-0.05, 0) is 47.9 Å². The maximum atomic E-state index is 11.3. The molecule has 20 heavy (non-hydrogen) atoms. The highest BCUT2D eigenvalue weighted by Gasteiger charge is 2.17. The molecule has 0 bridgehead atoms. The first-order valence-corrected chi connectivity index (χ1v) is 6.15. The van der Waals surface area contributed by atoms with Gasteiger partial charge in [0.25, 0.3) is 0 Å². The fourth-order valence-corrected chi connectivity index (χ4v) is 2.20. The van der Waals surface area contributed by atoms with Crippen LogP contribution >= 0.6 is 11.6 Å². The Hall–Kier alpha value is -2.33. The molecule has 0 fully saturated rings. The first-order valence-electron chi connectivity index (χ1n) is 5.77. The van der Waals surface area contributed by atoms with E-state index in [1.165, 1.54) is 6.07 Å². The van der Waals surface area contributed by atoms with Crippen LogP contribution in [0.5, 0.6) is 0 Å². The van der Waals surface area contributed by atoms with Crippen molar-refractivity contribution >= 4 is 23.5 Å². The molecule has 0 amide bonds. The molecule has 2 rings (SSSR count). The lowest BCUT2D eigenvalue weighted by atomic mass is 9.94. The molecule has 2 aromatic carbocycles. The fraction of sp³-hybridized carbons (Fsp3) is 0.0667. The second-order valence-corrected chi connectivity index (χ2v) is 4.77. The first kappa shape index (κ1) is 14.1. The van der Waals surface area contributed by atoms with E-state index in [0.717, 1.165) is 0 Å². The van der Waals surface area contributed by atoms with Gasteiger partial charge in [-0.25, -0.2) is 9.59 Å². The number of rotatable bonds is 3. The minimum Gasteiger partial charge on any atom is -0.478 e. The van der Waals surface area contributed by atoms with Crippen LogP contribution in [0, 0.1) is 6.92 Å². The summed E-state index contributed by atoms with van der Waals surface area (Å²) < 4.78 is 0. The maximum absolute atomic E-state index is 11.3. The SMILES string of the molecule is Cc1cc(-c2cccc(Cl)c2)c(C(=O)O)cc1C(=O)O. The Labute approximate surface area is 120 Å². The molecule has 2 N–H and O–H groups in total. The van der Waals surface area contributed by atoms with Crippen LogP contribution in [0.1, 0.15) is 26.3 Å². The van der Waals surface area contributed by atoms with Gasteiger partial charge in [-0.2, -0.15) is 0 Å². The van der Waals surface area contributed by atoms with Crippen LogP contribution in [0.4, 0.5) is 0 Å². The van der Waals surface area contributed by atoms with Gasteiger partial charge in [0.1, 0.15) is 0 Å². The molecule has 0 aliphatic rings. The standard InChI is InChI=1S/C15H11ClO4/c1-8-5-12(9-3-2-4-10(16)6-9)13(15(19)20)7-11(8)14(17)18/h2-7H,1H3,(H,17,18)(H,19,20). The fourth-order valence-electron chi connectivity index (χ4n) is 2.01. The van der Waals surface area contributed by atoms with E-state index in [2.05, 4.69) is 0 Å². The van der Waals surface area contributed by atoms with E-state index in [1.54, 1.807) is 37.3 Å². The van der Waals surface area contributed by atoms with Gasteiger partial charge in [0.2, 0.25) is 0 Å². The summed E-state index contributed by atoms with van der Waals surface area (Å²) in [6, 6.07) is 9.50. The van der Waals surface area contributed by atoms with Crippen LogP contribution < -0.4 is 0 Å². The van der Waals surface area contributed by atoms with Crippen molar-refractivity contribution in [1.82, 2.24) is 0 Å². The minimum absolute atomic E-state index is 0.0202. The Morgan fingerprint density at radius 2 is 1.65 bits per heavy atom. The van der Waals surface area contributed by atoms with Crippen molar-refractivity contribution < 1.29 is 19.8 Å². The van der Waals surface area contributed by atoms with Crippen molar-refractivity contribution in [2.24, 2.45) is 0 Å². The van der Waals surface area contributed by atoms with E-state index in [0.29, 0.717) is 21.7 Å². The summed E-state index contributed by atoms with van der Waals surface area (Å²) >= 11 is 5.91. The third-order valence-electron chi connectivity index (χ3n) is 2.96. The zero-order chi connectivity index (χ0) is 14.9. The van der Waals surface area contributed by atoms with Gasteiger partial charge in [0.15, 0.2) is 0 Å². The summed E-state index contributed by atoms with van der Waals surface area (Å²) in [5.41, 5.74) is 1.50. The number of halogens is 1. The van der Waals surface area contributed by atoms with Crippen LogP contribution in [0.2, 0.25) is 5.02 Å². The number of carbonyl (C=O) groups is 2. The minimum atomic E-state index is -1.18. The van der Waals surface area contributed by atoms with Crippen molar-refractivity contribution in [3.05, 3.63) is 58.1 Å². The van der Waals surface area contributed by atoms with Crippen LogP contribution in [0.25, 0.3) is 11.1 Å². The highest BCUT2D eigenvalue weighted by atomic mass is 35.5. The quantitative estimate of drug-likeness (QED) is 0.903. The molecule has 0 spiro atoms. The van der Waals surface area contributed by atoms with Crippen LogP contribution in [-0.4, -0.2) is 22.2 Å². The number of aryl methyl sites for hydroxylation is 1. The molecule has 0 heterocycles. The highest BCUT2D eigenvalue weighted by molar-refractivity contribution is 6.30. The van der Waals surface area contributed by atoms with Crippen LogP contribution in [0.15, 0.2) is 36.4 Å². The van der Waals surface area contributed by atoms with E-state index in [1.807, 2.05) is 0 Å². The molecule has 4 nitrogen and oxygen atoms in total. The Morgan fingerprint density at radius 3 is 2.20 bits per heavy atom. The Bertz CT molecular complexity index is 707. The van der Waals surface area contributed by atoms with Crippen molar-refractivity contribution in [2.75, 3.05) is 0 Å². The van der Waals surface area contributed by atoms with Gasteiger partial charge >= 0.3 is 11.9 Å². The highest BCUT2D eigenvalue weighted by Crippen LogP contribution is 2.29. The molecular formula is C15H11ClO4. The molecular weight excluding hydrogens is 280 g/mol. The summed E-state index contributed by atoms with van der Waals surface area (Å²) in [5.74, 6) is -2.33. The second kappa shape index (κ2) is 5.35. The number of aromatic carboxylic acids is 2. The van der Waals surface area contributed by atoms with E-state index in [-0.39, 0.29) is 11.1 Å². The molecule has 2 aromatic rings. The average molecular weight is 291 g/mol. The molecule has 0 unspecified atom stereocenters. The number of hydrogen-bond donors (Lipinski definition) is 2. The first-order chi connectivity index (χ1) is 9.40. The Kier molecular flexibility index (Phi) is 3.77. The Morgan fingerprint density at radius 1 is 1.00 bits per heavy atom. The monoisotopic (exact) mass is 290 g/mol. The smallest absolute Gasteiger partial charge is 0.336 e. The van der Waals surface area contributed by atoms with Crippen molar-refractivity contribution in [3.63, 3.8) is 0 Å². The number of carboxylic acids is 2. The summed E-state index contributed by atoms with van der Waals surface area (Å²) in [6.07, 6.45) is 0. The lowest BCUT2D eigenvalue weighted by Gasteiger charge is -2.10. The molecule has 102 valence electrons. The van der Waals surface area contributed by atoms with E-state index >= 15 is 0 Å². The van der Waals surface area contributed by atoms with Crippen molar-refractivity contribution in [2.45, 2.75) is 6.92 Å². The normalized spacial score (nSPS) is 10.3. The van der Waals surface area contributed by atoms with E-state index in [9.17, 15) is 14.7 Å². The largest absolute Gasteiger partial charge is 0.478 e. The van der Waals surface area contributed by atoms with E-state index in [4.69, 9.17) is 16.7 Å². The molecule has 5 heteroatoms.